The Morgan fingerprint density at radius 2 is 2.03 bits per heavy atom. The molecule has 0 radical (unpaired) electrons. The first-order valence-corrected chi connectivity index (χ1v) is 12.5. The highest BCUT2D eigenvalue weighted by molar-refractivity contribution is 5.98. The van der Waals surface area contributed by atoms with E-state index < -0.39 is 17.8 Å². The highest BCUT2D eigenvalue weighted by Crippen LogP contribution is 2.37. The van der Waals surface area contributed by atoms with Crippen molar-refractivity contribution in [2.24, 2.45) is 11.7 Å². The van der Waals surface area contributed by atoms with Gasteiger partial charge in [-0.1, -0.05) is 13.3 Å². The van der Waals surface area contributed by atoms with Crippen molar-refractivity contribution in [1.82, 2.24) is 20.2 Å². The van der Waals surface area contributed by atoms with Crippen molar-refractivity contribution in [1.29, 1.82) is 0 Å². The summed E-state index contributed by atoms with van der Waals surface area (Å²) in [5.41, 5.74) is 5.13. The molecule has 204 valence electrons. The van der Waals surface area contributed by atoms with E-state index >= 15 is 0 Å². The lowest BCUT2D eigenvalue weighted by atomic mass is 10.1. The van der Waals surface area contributed by atoms with Gasteiger partial charge in [0, 0.05) is 37.5 Å². The molecule has 9 nitrogen and oxygen atoms in total. The van der Waals surface area contributed by atoms with E-state index in [-0.39, 0.29) is 47.0 Å². The Kier molecular flexibility index (Phi) is 8.20. The summed E-state index contributed by atoms with van der Waals surface area (Å²) in [7, 11) is 0. The van der Waals surface area contributed by atoms with Crippen LogP contribution in [0.5, 0.6) is 5.75 Å². The number of rotatable bonds is 9. The maximum atomic E-state index is 13.4. The van der Waals surface area contributed by atoms with Crippen molar-refractivity contribution in [2.75, 3.05) is 26.2 Å². The molecule has 2 amide bonds. The van der Waals surface area contributed by atoms with Crippen LogP contribution >= 0.6 is 0 Å². The average molecular weight is 534 g/mol. The summed E-state index contributed by atoms with van der Waals surface area (Å²) < 4.78 is 51.7. The van der Waals surface area contributed by atoms with Gasteiger partial charge in [0.15, 0.2) is 11.5 Å². The predicted octanol–water partition coefficient (Wildman–Crippen LogP) is 4.14. The minimum atomic E-state index is -4.63. The lowest BCUT2D eigenvalue weighted by Gasteiger charge is -2.14. The molecule has 0 saturated carbocycles. The first-order valence-electron chi connectivity index (χ1n) is 12.5. The SMILES string of the molecule is CCCCOc1ccc(-c2nc(C(=O)NCC3CCN(C(C)=O)C3)c(CN)o2)c2ccc(C(F)(F)F)nc12. The smallest absolute Gasteiger partial charge is 0.433 e. The molecule has 3 heterocycles. The van der Waals surface area contributed by atoms with Gasteiger partial charge >= 0.3 is 6.18 Å². The van der Waals surface area contributed by atoms with E-state index in [9.17, 15) is 22.8 Å². The van der Waals surface area contributed by atoms with Gasteiger partial charge in [0.05, 0.1) is 13.2 Å². The summed E-state index contributed by atoms with van der Waals surface area (Å²) in [5.74, 6) is 0.0208. The van der Waals surface area contributed by atoms with Crippen LogP contribution in [0.25, 0.3) is 22.4 Å². The molecule has 0 aliphatic carbocycles. The molecule has 1 atom stereocenters. The number of pyridine rings is 1. The number of amides is 2. The topological polar surface area (TPSA) is 124 Å². The minimum absolute atomic E-state index is 0.000198. The van der Waals surface area contributed by atoms with Gasteiger partial charge in [0.2, 0.25) is 11.8 Å². The molecule has 1 aliphatic rings. The molecule has 1 saturated heterocycles. The zero-order valence-electron chi connectivity index (χ0n) is 21.2. The number of nitrogens with zero attached hydrogens (tertiary/aromatic N) is 3. The van der Waals surface area contributed by atoms with E-state index in [1.54, 1.807) is 11.0 Å². The molecular formula is C26H30F3N5O4. The maximum absolute atomic E-state index is 13.4. The summed E-state index contributed by atoms with van der Waals surface area (Å²) in [6, 6.07) is 5.31. The van der Waals surface area contributed by atoms with Crippen LogP contribution in [-0.2, 0) is 17.5 Å². The number of carbonyl (C=O) groups excluding carboxylic acids is 2. The van der Waals surface area contributed by atoms with Gasteiger partial charge in [-0.2, -0.15) is 13.2 Å². The fourth-order valence-corrected chi connectivity index (χ4v) is 4.37. The molecule has 0 spiro atoms. The highest BCUT2D eigenvalue weighted by atomic mass is 19.4. The van der Waals surface area contributed by atoms with Gasteiger partial charge in [-0.05, 0) is 43.0 Å². The molecule has 38 heavy (non-hydrogen) atoms. The highest BCUT2D eigenvalue weighted by Gasteiger charge is 2.33. The Morgan fingerprint density at radius 3 is 2.68 bits per heavy atom. The first kappa shape index (κ1) is 27.4. The Bertz CT molecular complexity index is 1320. The van der Waals surface area contributed by atoms with Crippen LogP contribution < -0.4 is 15.8 Å². The molecule has 3 aromatic rings. The normalized spacial score (nSPS) is 15.7. The molecule has 4 rings (SSSR count). The van der Waals surface area contributed by atoms with Crippen LogP contribution in [-0.4, -0.2) is 52.9 Å². The molecular weight excluding hydrogens is 503 g/mol. The van der Waals surface area contributed by atoms with Crippen molar-refractivity contribution in [3.8, 4) is 17.2 Å². The molecule has 12 heteroatoms. The monoisotopic (exact) mass is 533 g/mol. The number of nitrogens with one attached hydrogen (secondary N) is 1. The zero-order valence-corrected chi connectivity index (χ0v) is 21.2. The van der Waals surface area contributed by atoms with Gasteiger partial charge in [-0.15, -0.1) is 0 Å². The Hall–Kier alpha value is -3.67. The second-order valence-corrected chi connectivity index (χ2v) is 9.23. The Balaban J connectivity index is 1.63. The van der Waals surface area contributed by atoms with E-state index in [2.05, 4.69) is 15.3 Å². The fourth-order valence-electron chi connectivity index (χ4n) is 4.37. The molecule has 1 aliphatic heterocycles. The van der Waals surface area contributed by atoms with Crippen LogP contribution in [0.2, 0.25) is 0 Å². The first-order chi connectivity index (χ1) is 18.1. The number of benzene rings is 1. The van der Waals surface area contributed by atoms with E-state index in [1.165, 1.54) is 19.1 Å². The van der Waals surface area contributed by atoms with Crippen molar-refractivity contribution in [3.63, 3.8) is 0 Å². The van der Waals surface area contributed by atoms with Crippen molar-refractivity contribution in [2.45, 2.75) is 45.8 Å². The Labute approximate surface area is 217 Å². The summed E-state index contributed by atoms with van der Waals surface area (Å²) in [6.07, 6.45) is -2.27. The van der Waals surface area contributed by atoms with Crippen molar-refractivity contribution < 1.29 is 31.9 Å². The largest absolute Gasteiger partial charge is 0.491 e. The summed E-state index contributed by atoms with van der Waals surface area (Å²) in [5, 5.41) is 3.16. The number of aromatic nitrogens is 2. The number of oxazole rings is 1. The molecule has 2 aromatic heterocycles. The van der Waals surface area contributed by atoms with Crippen LogP contribution in [0.15, 0.2) is 28.7 Å². The quantitative estimate of drug-likeness (QED) is 0.396. The second kappa shape index (κ2) is 11.4. The van der Waals surface area contributed by atoms with E-state index in [0.717, 1.165) is 25.3 Å². The third-order valence-electron chi connectivity index (χ3n) is 6.48. The number of likely N-dealkylation sites (tertiary alicyclic amines) is 1. The number of nitrogens with two attached hydrogens (primary N) is 1. The minimum Gasteiger partial charge on any atom is -0.491 e. The fraction of sp³-hybridized carbons (Fsp3) is 0.462. The van der Waals surface area contributed by atoms with Gasteiger partial charge in [0.1, 0.15) is 17.0 Å². The number of carbonyl (C=O) groups is 2. The summed E-state index contributed by atoms with van der Waals surface area (Å²) in [4.78, 5) is 34.4. The van der Waals surface area contributed by atoms with E-state index in [4.69, 9.17) is 14.9 Å². The third-order valence-corrected chi connectivity index (χ3v) is 6.48. The predicted molar refractivity (Wildman–Crippen MR) is 133 cm³/mol. The van der Waals surface area contributed by atoms with Gasteiger partial charge in [0.25, 0.3) is 5.91 Å². The molecule has 3 N–H and O–H groups in total. The van der Waals surface area contributed by atoms with Crippen molar-refractivity contribution >= 4 is 22.7 Å². The second-order valence-electron chi connectivity index (χ2n) is 9.23. The molecule has 1 unspecified atom stereocenters. The molecule has 0 bridgehead atoms. The number of halogens is 3. The van der Waals surface area contributed by atoms with Gasteiger partial charge < -0.3 is 25.1 Å². The van der Waals surface area contributed by atoms with E-state index in [1.807, 2.05) is 6.92 Å². The summed E-state index contributed by atoms with van der Waals surface area (Å²) in [6.45, 7) is 5.27. The third kappa shape index (κ3) is 5.90. The number of fused-ring (bicyclic) bond motifs is 1. The zero-order chi connectivity index (χ0) is 27.4. The standard InChI is InChI=1S/C26H30F3N5O4/c1-3-4-11-37-19-7-5-18(17-6-8-21(26(27,28)29)32-22(17)19)25-33-23(20(12-30)38-25)24(36)31-13-16-9-10-34(14-16)15(2)35/h5-8,16H,3-4,9-14,30H2,1-2H3,(H,31,36). The number of unbranched alkanes of at least 4 members (excludes halogenated alkanes) is 1. The van der Waals surface area contributed by atoms with Crippen molar-refractivity contribution in [3.05, 3.63) is 41.4 Å². The van der Waals surface area contributed by atoms with Gasteiger partial charge in [-0.25, -0.2) is 9.97 Å². The molecule has 1 aromatic carbocycles. The lowest BCUT2D eigenvalue weighted by Crippen LogP contribution is -2.32. The lowest BCUT2D eigenvalue weighted by molar-refractivity contribution is -0.141. The Morgan fingerprint density at radius 1 is 1.24 bits per heavy atom. The van der Waals surface area contributed by atoms with Crippen LogP contribution in [0.3, 0.4) is 0 Å². The van der Waals surface area contributed by atoms with Crippen LogP contribution in [0, 0.1) is 5.92 Å². The van der Waals surface area contributed by atoms with Crippen LogP contribution in [0.4, 0.5) is 13.2 Å². The van der Waals surface area contributed by atoms with E-state index in [0.29, 0.717) is 37.2 Å². The number of hydrogen-bond acceptors (Lipinski definition) is 7. The maximum Gasteiger partial charge on any atom is 0.433 e. The average Bonchev–Trinajstić information content (AvgIpc) is 3.54. The number of alkyl halides is 3. The van der Waals surface area contributed by atoms with Crippen LogP contribution in [0.1, 0.15) is 55.1 Å². The molecule has 1 fully saturated rings. The number of hydrogen-bond donors (Lipinski definition) is 2. The van der Waals surface area contributed by atoms with Gasteiger partial charge in [-0.3, -0.25) is 9.59 Å². The number of ether oxygens (including phenoxy) is 1. The summed E-state index contributed by atoms with van der Waals surface area (Å²) >= 11 is 0.